The molecule has 0 aliphatic carbocycles. The number of benzene rings is 1. The van der Waals surface area contributed by atoms with Gasteiger partial charge in [0.1, 0.15) is 11.7 Å². The standard InChI is InChI=1S/C32H48N8.H2/c1-24-12-13-28(32(4,5)6)21-29(24)37-31(25(2)30(33)35-23-38(7)8)36-26(3)40-18-10-17-39(19-20-40)22-27-11-9-15-34-16-14-27;/h9,12-16,21,23,33,37H,10-11,17-20,22H2,1-8H3;1H/b31-25+,33-30?,35-23?,36-26+;. The molecule has 218 valence electrons. The fourth-order valence-corrected chi connectivity index (χ4v) is 4.56. The molecule has 0 spiro atoms. The zero-order valence-corrected chi connectivity index (χ0v) is 25.8. The summed E-state index contributed by atoms with van der Waals surface area (Å²) in [7, 11) is 3.80. The van der Waals surface area contributed by atoms with E-state index in [4.69, 9.17) is 10.4 Å². The predicted molar refractivity (Wildman–Crippen MR) is 174 cm³/mol. The van der Waals surface area contributed by atoms with Crippen LogP contribution < -0.4 is 5.32 Å². The van der Waals surface area contributed by atoms with Crippen LogP contribution in [0.25, 0.3) is 0 Å². The molecular formula is C32H50N8. The lowest BCUT2D eigenvalue weighted by atomic mass is 9.86. The Morgan fingerprint density at radius 1 is 1.18 bits per heavy atom. The summed E-state index contributed by atoms with van der Waals surface area (Å²) >= 11 is 0. The summed E-state index contributed by atoms with van der Waals surface area (Å²) in [5.41, 5.74) is 5.50. The van der Waals surface area contributed by atoms with Crippen molar-refractivity contribution in [3.8, 4) is 0 Å². The third-order valence-corrected chi connectivity index (χ3v) is 7.20. The summed E-state index contributed by atoms with van der Waals surface area (Å²) in [4.78, 5) is 20.4. The Kier molecular flexibility index (Phi) is 11.0. The number of aryl methyl sites for hydroxylation is 1. The van der Waals surface area contributed by atoms with Crippen molar-refractivity contribution in [2.45, 2.75) is 59.8 Å². The van der Waals surface area contributed by atoms with E-state index >= 15 is 0 Å². The quantitative estimate of drug-likeness (QED) is 0.320. The second-order valence-electron chi connectivity index (χ2n) is 11.9. The largest absolute Gasteiger partial charge is 0.369 e. The number of nitrogens with zero attached hydrogens (tertiary/aromatic N) is 6. The Morgan fingerprint density at radius 2 is 1.95 bits per heavy atom. The van der Waals surface area contributed by atoms with Crippen molar-refractivity contribution in [1.29, 1.82) is 5.41 Å². The Hall–Kier alpha value is -3.52. The molecular weight excluding hydrogens is 496 g/mol. The molecule has 0 bridgehead atoms. The molecule has 0 amide bonds. The SMILES string of the molecule is C/C(C(=N)N=CN(C)C)=C(/N=C(\C)N1CCCN(CC2=CC=NC=CC2)CC1)Nc1cc(C(C)(C)C)ccc1C.[HH]. The van der Waals surface area contributed by atoms with Crippen LogP contribution in [-0.2, 0) is 5.41 Å². The lowest BCUT2D eigenvalue weighted by Crippen LogP contribution is -2.34. The van der Waals surface area contributed by atoms with Crippen molar-refractivity contribution in [2.24, 2.45) is 15.0 Å². The van der Waals surface area contributed by atoms with Crippen LogP contribution in [0, 0.1) is 12.3 Å². The van der Waals surface area contributed by atoms with Gasteiger partial charge in [-0.3, -0.25) is 15.3 Å². The fourth-order valence-electron chi connectivity index (χ4n) is 4.56. The van der Waals surface area contributed by atoms with Crippen molar-refractivity contribution in [3.63, 3.8) is 0 Å². The molecule has 8 heteroatoms. The first-order valence-electron chi connectivity index (χ1n) is 14.2. The maximum atomic E-state index is 8.64. The van der Waals surface area contributed by atoms with Crippen molar-refractivity contribution >= 4 is 29.9 Å². The maximum Gasteiger partial charge on any atom is 0.152 e. The highest BCUT2D eigenvalue weighted by molar-refractivity contribution is 6.01. The normalized spacial score (nSPS) is 17.9. The Labute approximate surface area is 243 Å². The molecule has 2 aliphatic rings. The molecule has 8 nitrogen and oxygen atoms in total. The van der Waals surface area contributed by atoms with Crippen LogP contribution in [0.4, 0.5) is 5.69 Å². The van der Waals surface area contributed by atoms with Gasteiger partial charge >= 0.3 is 0 Å². The molecule has 1 aromatic carbocycles. The van der Waals surface area contributed by atoms with Crippen molar-refractivity contribution in [1.82, 2.24) is 14.7 Å². The highest BCUT2D eigenvalue weighted by Crippen LogP contribution is 2.28. The van der Waals surface area contributed by atoms with E-state index < -0.39 is 0 Å². The molecule has 1 aromatic rings. The lowest BCUT2D eigenvalue weighted by Gasteiger charge is -2.25. The van der Waals surface area contributed by atoms with Gasteiger partial charge in [-0.1, -0.05) is 44.6 Å². The van der Waals surface area contributed by atoms with E-state index in [1.807, 2.05) is 38.3 Å². The summed E-state index contributed by atoms with van der Waals surface area (Å²) in [6, 6.07) is 6.54. The first kappa shape index (κ1) is 31.0. The number of nitrogens with one attached hydrogen (secondary N) is 2. The molecule has 2 aliphatic heterocycles. The first-order valence-corrected chi connectivity index (χ1v) is 14.2. The minimum Gasteiger partial charge on any atom is -0.369 e. The number of anilines is 1. The second kappa shape index (κ2) is 14.2. The molecule has 2 heterocycles. The van der Waals surface area contributed by atoms with Crippen LogP contribution in [0.2, 0.25) is 0 Å². The summed E-state index contributed by atoms with van der Waals surface area (Å²) < 4.78 is 0. The van der Waals surface area contributed by atoms with Crippen molar-refractivity contribution in [2.75, 3.05) is 52.1 Å². The van der Waals surface area contributed by atoms with Crippen LogP contribution in [0.15, 0.2) is 68.5 Å². The van der Waals surface area contributed by atoms with Crippen molar-refractivity contribution in [3.05, 3.63) is 64.6 Å². The number of amidine groups is 2. The molecule has 0 radical (unpaired) electrons. The van der Waals surface area contributed by atoms with E-state index in [1.54, 1.807) is 6.34 Å². The van der Waals surface area contributed by atoms with E-state index in [0.717, 1.165) is 62.7 Å². The van der Waals surface area contributed by atoms with E-state index in [9.17, 15) is 0 Å². The third kappa shape index (κ3) is 9.30. The summed E-state index contributed by atoms with van der Waals surface area (Å²) in [6.45, 7) is 17.6. The summed E-state index contributed by atoms with van der Waals surface area (Å²) in [6.07, 6.45) is 11.7. The number of allylic oxidation sites excluding steroid dienone is 2. The van der Waals surface area contributed by atoms with E-state index in [1.165, 1.54) is 11.1 Å². The van der Waals surface area contributed by atoms with Crippen LogP contribution in [-0.4, -0.2) is 85.7 Å². The Morgan fingerprint density at radius 3 is 2.67 bits per heavy atom. The van der Waals surface area contributed by atoms with Gasteiger partial charge in [0.15, 0.2) is 5.84 Å². The lowest BCUT2D eigenvalue weighted by molar-refractivity contribution is 0.307. The number of hydrogen-bond donors (Lipinski definition) is 2. The van der Waals surface area contributed by atoms with E-state index in [2.05, 4.69) is 90.1 Å². The highest BCUT2D eigenvalue weighted by Gasteiger charge is 2.19. The highest BCUT2D eigenvalue weighted by atomic mass is 15.3. The fraction of sp³-hybridized carbons (Fsp3) is 0.500. The second-order valence-corrected chi connectivity index (χ2v) is 11.9. The van der Waals surface area contributed by atoms with Gasteiger partial charge < -0.3 is 15.1 Å². The third-order valence-electron chi connectivity index (χ3n) is 7.20. The minimum atomic E-state index is 0. The number of aliphatic imine (C=N–C) groups is 3. The molecule has 0 atom stereocenters. The Bertz CT molecular complexity index is 1230. The maximum absolute atomic E-state index is 8.64. The van der Waals surface area contributed by atoms with Gasteiger partial charge in [0.05, 0.1) is 6.34 Å². The predicted octanol–water partition coefficient (Wildman–Crippen LogP) is 6.09. The van der Waals surface area contributed by atoms with E-state index in [-0.39, 0.29) is 12.7 Å². The van der Waals surface area contributed by atoms with Crippen LogP contribution in [0.3, 0.4) is 0 Å². The van der Waals surface area contributed by atoms with Gasteiger partial charge in [0, 0.05) is 71.9 Å². The molecule has 1 fully saturated rings. The molecule has 0 unspecified atom stereocenters. The number of rotatable bonds is 7. The van der Waals surface area contributed by atoms with Gasteiger partial charge in [0.25, 0.3) is 0 Å². The van der Waals surface area contributed by atoms with Gasteiger partial charge in [-0.25, -0.2) is 9.98 Å². The molecule has 3 rings (SSSR count). The molecule has 0 saturated carbocycles. The smallest absolute Gasteiger partial charge is 0.152 e. The molecule has 1 saturated heterocycles. The van der Waals surface area contributed by atoms with Gasteiger partial charge in [0.2, 0.25) is 0 Å². The van der Waals surface area contributed by atoms with Crippen molar-refractivity contribution < 1.29 is 1.43 Å². The van der Waals surface area contributed by atoms with Gasteiger partial charge in [-0.2, -0.15) is 0 Å². The van der Waals surface area contributed by atoms with Gasteiger partial charge in [-0.05, 0) is 62.3 Å². The van der Waals surface area contributed by atoms with Gasteiger partial charge in [-0.15, -0.1) is 0 Å². The van der Waals surface area contributed by atoms with Crippen LogP contribution in [0.1, 0.15) is 60.0 Å². The monoisotopic (exact) mass is 546 g/mol. The average molecular weight is 547 g/mol. The minimum absolute atomic E-state index is 0. The van der Waals surface area contributed by atoms with Crippen LogP contribution in [0.5, 0.6) is 0 Å². The molecule has 2 N–H and O–H groups in total. The summed E-state index contributed by atoms with van der Waals surface area (Å²) in [5.74, 6) is 1.79. The van der Waals surface area contributed by atoms with Crippen LogP contribution >= 0.6 is 0 Å². The zero-order valence-electron chi connectivity index (χ0n) is 25.8. The number of hydrogen-bond acceptors (Lipinski definition) is 5. The van der Waals surface area contributed by atoms with E-state index in [0.29, 0.717) is 11.4 Å². The summed E-state index contributed by atoms with van der Waals surface area (Å²) in [5, 5.41) is 12.2. The Balaban J connectivity index is 0.00000588. The molecule has 40 heavy (non-hydrogen) atoms. The zero-order chi connectivity index (χ0) is 29.3. The average Bonchev–Trinajstić information content (AvgIpc) is 3.30. The first-order chi connectivity index (χ1) is 18.9. The molecule has 0 aromatic heterocycles. The topological polar surface area (TPSA) is 82.7 Å².